The molecule has 0 fully saturated rings. The highest BCUT2D eigenvalue weighted by molar-refractivity contribution is 5.93. The molecule has 3 aromatic rings. The van der Waals surface area contributed by atoms with E-state index in [1.54, 1.807) is 12.1 Å². The Bertz CT molecular complexity index is 847. The van der Waals surface area contributed by atoms with Crippen molar-refractivity contribution in [1.29, 1.82) is 0 Å². The molecule has 0 aliphatic carbocycles. The SMILES string of the molecule is COC(=O)Cc1cc(Nc2ccc(F)cc2)c2ccccc2n1. The van der Waals surface area contributed by atoms with E-state index in [0.717, 1.165) is 22.3 Å². The number of nitrogens with one attached hydrogen (secondary N) is 1. The summed E-state index contributed by atoms with van der Waals surface area (Å²) in [6, 6.07) is 15.5. The lowest BCUT2D eigenvalue weighted by molar-refractivity contribution is -0.139. The zero-order valence-electron chi connectivity index (χ0n) is 12.5. The second-order valence-electron chi connectivity index (χ2n) is 5.06. The Hall–Kier alpha value is -2.95. The number of pyridine rings is 1. The molecule has 1 heterocycles. The second-order valence-corrected chi connectivity index (χ2v) is 5.06. The Morgan fingerprint density at radius 1 is 1.17 bits per heavy atom. The fourth-order valence-corrected chi connectivity index (χ4v) is 2.33. The molecule has 0 saturated heterocycles. The van der Waals surface area contributed by atoms with Crippen LogP contribution in [0.4, 0.5) is 15.8 Å². The average Bonchev–Trinajstić information content (AvgIpc) is 2.57. The summed E-state index contributed by atoms with van der Waals surface area (Å²) in [6.07, 6.45) is 0.0967. The maximum atomic E-state index is 13.0. The van der Waals surface area contributed by atoms with Gasteiger partial charge in [-0.1, -0.05) is 18.2 Å². The first-order valence-corrected chi connectivity index (χ1v) is 7.14. The van der Waals surface area contributed by atoms with Crippen LogP contribution >= 0.6 is 0 Å². The number of hydrogen-bond donors (Lipinski definition) is 1. The van der Waals surface area contributed by atoms with E-state index in [1.807, 2.05) is 30.3 Å². The highest BCUT2D eigenvalue weighted by atomic mass is 19.1. The van der Waals surface area contributed by atoms with Crippen molar-refractivity contribution in [3.05, 3.63) is 66.1 Å². The van der Waals surface area contributed by atoms with E-state index in [-0.39, 0.29) is 18.2 Å². The van der Waals surface area contributed by atoms with Crippen LogP contribution in [0.5, 0.6) is 0 Å². The standard InChI is InChI=1S/C18H15FN2O2/c1-23-18(22)11-14-10-17(15-4-2-3-5-16(15)21-14)20-13-8-6-12(19)7-9-13/h2-10H,11H2,1H3,(H,20,21). The monoisotopic (exact) mass is 310 g/mol. The molecule has 0 saturated carbocycles. The van der Waals surface area contributed by atoms with Crippen molar-refractivity contribution in [2.24, 2.45) is 0 Å². The number of anilines is 2. The fourth-order valence-electron chi connectivity index (χ4n) is 2.33. The number of fused-ring (bicyclic) bond motifs is 1. The fraction of sp³-hybridized carbons (Fsp3) is 0.111. The summed E-state index contributed by atoms with van der Waals surface area (Å²) >= 11 is 0. The first-order chi connectivity index (χ1) is 11.2. The maximum absolute atomic E-state index is 13.0. The molecule has 0 aliphatic heterocycles. The van der Waals surface area contributed by atoms with Crippen molar-refractivity contribution in [1.82, 2.24) is 4.98 Å². The summed E-state index contributed by atoms with van der Waals surface area (Å²) in [5.74, 6) is -0.637. The molecule has 2 aromatic carbocycles. The molecule has 0 unspecified atom stereocenters. The van der Waals surface area contributed by atoms with E-state index in [1.165, 1.54) is 19.2 Å². The Morgan fingerprint density at radius 3 is 2.65 bits per heavy atom. The summed E-state index contributed by atoms with van der Waals surface area (Å²) in [5, 5.41) is 4.17. The average molecular weight is 310 g/mol. The summed E-state index contributed by atoms with van der Waals surface area (Å²) in [4.78, 5) is 16.0. The molecule has 1 aromatic heterocycles. The second kappa shape index (κ2) is 6.44. The molecule has 0 aliphatic rings. The van der Waals surface area contributed by atoms with Gasteiger partial charge in [-0.05, 0) is 36.4 Å². The number of halogens is 1. The number of carbonyl (C=O) groups is 1. The van der Waals surface area contributed by atoms with Crippen LogP contribution in [0.3, 0.4) is 0 Å². The molecule has 5 heteroatoms. The van der Waals surface area contributed by atoms with E-state index in [0.29, 0.717) is 5.69 Å². The third-order valence-corrected chi connectivity index (χ3v) is 3.45. The van der Waals surface area contributed by atoms with Crippen molar-refractivity contribution >= 4 is 28.2 Å². The van der Waals surface area contributed by atoms with Crippen LogP contribution in [0.2, 0.25) is 0 Å². The number of rotatable bonds is 4. The van der Waals surface area contributed by atoms with Gasteiger partial charge in [-0.3, -0.25) is 9.78 Å². The maximum Gasteiger partial charge on any atom is 0.311 e. The highest BCUT2D eigenvalue weighted by Crippen LogP contribution is 2.26. The van der Waals surface area contributed by atoms with Gasteiger partial charge in [0.25, 0.3) is 0 Å². The van der Waals surface area contributed by atoms with Gasteiger partial charge in [0.15, 0.2) is 0 Å². The van der Waals surface area contributed by atoms with Crippen molar-refractivity contribution in [2.75, 3.05) is 12.4 Å². The number of aromatic nitrogens is 1. The lowest BCUT2D eigenvalue weighted by Gasteiger charge is -2.12. The number of para-hydroxylation sites is 1. The van der Waals surface area contributed by atoms with Crippen molar-refractivity contribution < 1.29 is 13.9 Å². The summed E-state index contributed by atoms with van der Waals surface area (Å²) in [7, 11) is 1.35. The zero-order valence-corrected chi connectivity index (χ0v) is 12.5. The molecule has 116 valence electrons. The number of benzene rings is 2. The van der Waals surface area contributed by atoms with E-state index in [9.17, 15) is 9.18 Å². The van der Waals surface area contributed by atoms with Gasteiger partial charge < -0.3 is 10.1 Å². The van der Waals surface area contributed by atoms with Crippen molar-refractivity contribution in [2.45, 2.75) is 6.42 Å². The number of nitrogens with zero attached hydrogens (tertiary/aromatic N) is 1. The summed E-state index contributed by atoms with van der Waals surface area (Å²) in [6.45, 7) is 0. The molecular weight excluding hydrogens is 295 g/mol. The topological polar surface area (TPSA) is 51.2 Å². The predicted octanol–water partition coefficient (Wildman–Crippen LogP) is 3.83. The lowest BCUT2D eigenvalue weighted by atomic mass is 10.1. The minimum Gasteiger partial charge on any atom is -0.469 e. The third-order valence-electron chi connectivity index (χ3n) is 3.45. The van der Waals surface area contributed by atoms with E-state index in [4.69, 9.17) is 4.74 Å². The van der Waals surface area contributed by atoms with Crippen molar-refractivity contribution in [3.63, 3.8) is 0 Å². The molecule has 3 rings (SSSR count). The zero-order chi connectivity index (χ0) is 16.2. The largest absolute Gasteiger partial charge is 0.469 e. The number of ether oxygens (including phenoxy) is 1. The molecule has 0 spiro atoms. The van der Waals surface area contributed by atoms with Gasteiger partial charge in [0.1, 0.15) is 5.82 Å². The van der Waals surface area contributed by atoms with Crippen LogP contribution in [-0.4, -0.2) is 18.1 Å². The van der Waals surface area contributed by atoms with Gasteiger partial charge in [-0.15, -0.1) is 0 Å². The molecule has 1 N–H and O–H groups in total. The quantitative estimate of drug-likeness (QED) is 0.744. The number of hydrogen-bond acceptors (Lipinski definition) is 4. The van der Waals surface area contributed by atoms with Crippen LogP contribution in [0.15, 0.2) is 54.6 Å². The molecule has 0 amide bonds. The Morgan fingerprint density at radius 2 is 1.91 bits per heavy atom. The van der Waals surface area contributed by atoms with Gasteiger partial charge >= 0.3 is 5.97 Å². The summed E-state index contributed by atoms with van der Waals surface area (Å²) < 4.78 is 17.7. The minimum atomic E-state index is -0.347. The Kier molecular flexibility index (Phi) is 4.19. The van der Waals surface area contributed by atoms with Crippen LogP contribution in [0.1, 0.15) is 5.69 Å². The van der Waals surface area contributed by atoms with E-state index >= 15 is 0 Å². The van der Waals surface area contributed by atoms with Crippen LogP contribution in [0, 0.1) is 5.82 Å². The highest BCUT2D eigenvalue weighted by Gasteiger charge is 2.10. The van der Waals surface area contributed by atoms with Crippen molar-refractivity contribution in [3.8, 4) is 0 Å². The van der Waals surface area contributed by atoms with Crippen LogP contribution in [-0.2, 0) is 16.0 Å². The Labute approximate surface area is 132 Å². The summed E-state index contributed by atoms with van der Waals surface area (Å²) in [5.41, 5.74) is 2.95. The number of esters is 1. The van der Waals surface area contributed by atoms with Gasteiger partial charge in [0.2, 0.25) is 0 Å². The first kappa shape index (κ1) is 15.0. The number of methoxy groups -OCH3 is 1. The normalized spacial score (nSPS) is 10.5. The predicted molar refractivity (Wildman–Crippen MR) is 87.1 cm³/mol. The van der Waals surface area contributed by atoms with Crippen LogP contribution < -0.4 is 5.32 Å². The molecule has 0 atom stereocenters. The smallest absolute Gasteiger partial charge is 0.311 e. The molecule has 0 radical (unpaired) electrons. The molecule has 0 bridgehead atoms. The number of carbonyl (C=O) groups excluding carboxylic acids is 1. The molecular formula is C18H15FN2O2. The van der Waals surface area contributed by atoms with Gasteiger partial charge in [-0.25, -0.2) is 4.39 Å². The van der Waals surface area contributed by atoms with Crippen LogP contribution in [0.25, 0.3) is 10.9 Å². The lowest BCUT2D eigenvalue weighted by Crippen LogP contribution is -2.07. The first-order valence-electron chi connectivity index (χ1n) is 7.14. The van der Waals surface area contributed by atoms with E-state index < -0.39 is 0 Å². The Balaban J connectivity index is 2.02. The van der Waals surface area contributed by atoms with E-state index in [2.05, 4.69) is 10.3 Å². The van der Waals surface area contributed by atoms with Gasteiger partial charge in [0, 0.05) is 16.8 Å². The third kappa shape index (κ3) is 3.45. The molecule has 4 nitrogen and oxygen atoms in total. The molecule has 23 heavy (non-hydrogen) atoms. The minimum absolute atomic E-state index is 0.0967. The van der Waals surface area contributed by atoms with Gasteiger partial charge in [0.05, 0.1) is 24.7 Å². The van der Waals surface area contributed by atoms with Gasteiger partial charge in [-0.2, -0.15) is 0 Å².